The SMILES string of the molecule is COC(=O)[C@]12CNC[C@H]1C2(C)C. The molecule has 2 rings (SSSR count). The highest BCUT2D eigenvalue weighted by molar-refractivity contribution is 5.83. The van der Waals surface area contributed by atoms with E-state index in [-0.39, 0.29) is 16.8 Å². The maximum atomic E-state index is 11.5. The number of fused-ring (bicyclic) bond motifs is 1. The summed E-state index contributed by atoms with van der Waals surface area (Å²) in [4.78, 5) is 11.5. The van der Waals surface area contributed by atoms with Crippen LogP contribution in [0.25, 0.3) is 0 Å². The molecule has 2 aliphatic rings. The fourth-order valence-electron chi connectivity index (χ4n) is 2.82. The van der Waals surface area contributed by atoms with E-state index in [0.29, 0.717) is 5.92 Å². The largest absolute Gasteiger partial charge is 0.469 e. The molecule has 0 radical (unpaired) electrons. The van der Waals surface area contributed by atoms with Crippen LogP contribution in [-0.2, 0) is 9.53 Å². The van der Waals surface area contributed by atoms with Gasteiger partial charge in [-0.1, -0.05) is 13.8 Å². The molecule has 3 nitrogen and oxygen atoms in total. The lowest BCUT2D eigenvalue weighted by Gasteiger charge is -2.16. The summed E-state index contributed by atoms with van der Waals surface area (Å²) in [5.74, 6) is 0.444. The summed E-state index contributed by atoms with van der Waals surface area (Å²) >= 11 is 0. The molecule has 1 aliphatic carbocycles. The van der Waals surface area contributed by atoms with Gasteiger partial charge in [-0.05, 0) is 17.9 Å². The molecule has 2 fully saturated rings. The Morgan fingerprint density at radius 3 is 2.67 bits per heavy atom. The van der Waals surface area contributed by atoms with Crippen LogP contribution in [-0.4, -0.2) is 26.2 Å². The fourth-order valence-corrected chi connectivity index (χ4v) is 2.82. The second-order valence-corrected chi connectivity index (χ2v) is 4.37. The van der Waals surface area contributed by atoms with Crippen molar-refractivity contribution >= 4 is 5.97 Å². The van der Waals surface area contributed by atoms with E-state index in [1.54, 1.807) is 0 Å². The van der Waals surface area contributed by atoms with Crippen LogP contribution in [0.3, 0.4) is 0 Å². The Bertz CT molecular complexity index is 237. The highest BCUT2D eigenvalue weighted by Crippen LogP contribution is 2.70. The topological polar surface area (TPSA) is 38.3 Å². The molecule has 1 saturated heterocycles. The lowest BCUT2D eigenvalue weighted by molar-refractivity contribution is -0.148. The van der Waals surface area contributed by atoms with Crippen LogP contribution in [0.5, 0.6) is 0 Å². The second-order valence-electron chi connectivity index (χ2n) is 4.37. The minimum atomic E-state index is -0.207. The molecule has 1 N–H and O–H groups in total. The van der Waals surface area contributed by atoms with Crippen LogP contribution in [0, 0.1) is 16.7 Å². The lowest BCUT2D eigenvalue weighted by atomic mass is 9.96. The summed E-state index contributed by atoms with van der Waals surface area (Å²) in [7, 11) is 1.47. The third-order valence-electron chi connectivity index (χ3n) is 3.83. The summed E-state index contributed by atoms with van der Waals surface area (Å²) in [6.45, 7) is 6.05. The molecule has 0 bridgehead atoms. The van der Waals surface area contributed by atoms with Gasteiger partial charge in [0, 0.05) is 6.54 Å². The summed E-state index contributed by atoms with van der Waals surface area (Å²) in [6, 6.07) is 0. The maximum absolute atomic E-state index is 11.5. The van der Waals surface area contributed by atoms with Gasteiger partial charge in [-0.15, -0.1) is 0 Å². The normalized spacial score (nSPS) is 42.1. The molecular formula is C9H15NO2. The molecule has 0 spiro atoms. The van der Waals surface area contributed by atoms with Gasteiger partial charge in [0.2, 0.25) is 0 Å². The van der Waals surface area contributed by atoms with Crippen molar-refractivity contribution in [1.29, 1.82) is 0 Å². The monoisotopic (exact) mass is 169 g/mol. The number of esters is 1. The number of carbonyl (C=O) groups is 1. The molecule has 2 atom stereocenters. The fraction of sp³-hybridized carbons (Fsp3) is 0.889. The molecule has 0 aromatic rings. The summed E-state index contributed by atoms with van der Waals surface area (Å²) in [6.07, 6.45) is 0. The van der Waals surface area contributed by atoms with E-state index in [2.05, 4.69) is 19.2 Å². The van der Waals surface area contributed by atoms with Gasteiger partial charge in [-0.3, -0.25) is 4.79 Å². The van der Waals surface area contributed by atoms with Gasteiger partial charge in [0.1, 0.15) is 0 Å². The Kier molecular flexibility index (Phi) is 1.35. The van der Waals surface area contributed by atoms with Crippen LogP contribution in [0.4, 0.5) is 0 Å². The van der Waals surface area contributed by atoms with Crippen molar-refractivity contribution in [2.24, 2.45) is 16.7 Å². The molecule has 0 aromatic carbocycles. The number of methoxy groups -OCH3 is 1. The molecule has 0 unspecified atom stereocenters. The van der Waals surface area contributed by atoms with Crippen molar-refractivity contribution in [1.82, 2.24) is 5.32 Å². The van der Waals surface area contributed by atoms with E-state index in [1.807, 2.05) is 0 Å². The first kappa shape index (κ1) is 8.05. The van der Waals surface area contributed by atoms with Gasteiger partial charge in [0.05, 0.1) is 12.5 Å². The molecule has 0 aromatic heterocycles. The Morgan fingerprint density at radius 1 is 1.58 bits per heavy atom. The Labute approximate surface area is 72.5 Å². The summed E-state index contributed by atoms with van der Waals surface area (Å²) in [5.41, 5.74) is -0.0624. The van der Waals surface area contributed by atoms with Crippen LogP contribution < -0.4 is 5.32 Å². The minimum absolute atomic E-state index is 0.0394. The van der Waals surface area contributed by atoms with E-state index in [4.69, 9.17) is 4.74 Å². The third kappa shape index (κ3) is 0.600. The molecule has 1 heterocycles. The van der Waals surface area contributed by atoms with Gasteiger partial charge in [-0.25, -0.2) is 0 Å². The zero-order valence-electron chi connectivity index (χ0n) is 7.81. The van der Waals surface area contributed by atoms with Gasteiger partial charge in [-0.2, -0.15) is 0 Å². The third-order valence-corrected chi connectivity index (χ3v) is 3.83. The van der Waals surface area contributed by atoms with E-state index >= 15 is 0 Å². The number of rotatable bonds is 1. The van der Waals surface area contributed by atoms with Crippen molar-refractivity contribution in [3.8, 4) is 0 Å². The predicted octanol–water partition coefficient (Wildman–Crippen LogP) is 0.405. The molecule has 0 amide bonds. The number of ether oxygens (including phenoxy) is 1. The number of hydrogen-bond acceptors (Lipinski definition) is 3. The number of carbonyl (C=O) groups excluding carboxylic acids is 1. The standard InChI is InChI=1S/C9H15NO2/c1-8(2)6-4-10-5-9(6,8)7(11)12-3/h6,10H,4-5H2,1-3H3/t6-,9-/m0/s1. The van der Waals surface area contributed by atoms with E-state index in [0.717, 1.165) is 13.1 Å². The van der Waals surface area contributed by atoms with E-state index in [1.165, 1.54) is 7.11 Å². The number of piperidine rings is 1. The predicted molar refractivity (Wildman–Crippen MR) is 44.6 cm³/mol. The molecule has 12 heavy (non-hydrogen) atoms. The summed E-state index contributed by atoms with van der Waals surface area (Å²) in [5, 5.41) is 3.23. The first-order valence-electron chi connectivity index (χ1n) is 4.36. The number of nitrogens with one attached hydrogen (secondary N) is 1. The minimum Gasteiger partial charge on any atom is -0.469 e. The molecule has 1 aliphatic heterocycles. The zero-order valence-corrected chi connectivity index (χ0v) is 7.81. The van der Waals surface area contributed by atoms with Gasteiger partial charge >= 0.3 is 5.97 Å². The quantitative estimate of drug-likeness (QED) is 0.578. The Balaban J connectivity index is 2.27. The van der Waals surface area contributed by atoms with Crippen LogP contribution in [0.1, 0.15) is 13.8 Å². The van der Waals surface area contributed by atoms with E-state index < -0.39 is 0 Å². The lowest BCUT2D eigenvalue weighted by Crippen LogP contribution is -2.31. The highest BCUT2D eigenvalue weighted by atomic mass is 16.5. The first-order chi connectivity index (χ1) is 5.57. The molecule has 68 valence electrons. The van der Waals surface area contributed by atoms with Crippen molar-refractivity contribution < 1.29 is 9.53 Å². The highest BCUT2D eigenvalue weighted by Gasteiger charge is 2.77. The average molecular weight is 169 g/mol. The van der Waals surface area contributed by atoms with E-state index in [9.17, 15) is 4.79 Å². The van der Waals surface area contributed by atoms with Crippen molar-refractivity contribution in [3.05, 3.63) is 0 Å². The van der Waals surface area contributed by atoms with Crippen molar-refractivity contribution in [3.63, 3.8) is 0 Å². The molecule has 1 saturated carbocycles. The van der Waals surface area contributed by atoms with Gasteiger partial charge in [0.15, 0.2) is 0 Å². The second kappa shape index (κ2) is 2.02. The van der Waals surface area contributed by atoms with Crippen molar-refractivity contribution in [2.45, 2.75) is 13.8 Å². The van der Waals surface area contributed by atoms with Crippen LogP contribution in [0.2, 0.25) is 0 Å². The zero-order chi connectivity index (χ0) is 8.98. The Morgan fingerprint density at radius 2 is 2.25 bits per heavy atom. The Hall–Kier alpha value is -0.570. The molecule has 3 heteroatoms. The van der Waals surface area contributed by atoms with Gasteiger partial charge < -0.3 is 10.1 Å². The number of hydrogen-bond donors (Lipinski definition) is 1. The molecular weight excluding hydrogens is 154 g/mol. The summed E-state index contributed by atoms with van der Waals surface area (Å²) < 4.78 is 4.84. The van der Waals surface area contributed by atoms with Crippen molar-refractivity contribution in [2.75, 3.05) is 20.2 Å². The smallest absolute Gasteiger partial charge is 0.314 e. The van der Waals surface area contributed by atoms with Crippen LogP contribution in [0.15, 0.2) is 0 Å². The van der Waals surface area contributed by atoms with Crippen LogP contribution >= 0.6 is 0 Å². The maximum Gasteiger partial charge on any atom is 0.314 e. The van der Waals surface area contributed by atoms with Gasteiger partial charge in [0.25, 0.3) is 0 Å². The average Bonchev–Trinajstić information content (AvgIpc) is 2.48. The first-order valence-corrected chi connectivity index (χ1v) is 4.36.